The number of ether oxygens (including phenoxy) is 2. The van der Waals surface area contributed by atoms with Crippen LogP contribution in [0.5, 0.6) is 11.5 Å². The monoisotopic (exact) mass is 1120 g/mol. The fourth-order valence-corrected chi connectivity index (χ4v) is 11.8. The molecule has 11 aromatic carbocycles. The lowest BCUT2D eigenvalue weighted by Crippen LogP contribution is -2.27. The average molecular weight is 1120 g/mol. The highest BCUT2D eigenvalue weighted by Gasteiger charge is 2.27. The first-order valence-corrected chi connectivity index (χ1v) is 28.5. The van der Waals surface area contributed by atoms with Gasteiger partial charge in [0.2, 0.25) is 0 Å². The van der Waals surface area contributed by atoms with Gasteiger partial charge in [0.25, 0.3) is 5.91 Å². The molecule has 0 saturated carbocycles. The summed E-state index contributed by atoms with van der Waals surface area (Å²) in [6.45, 7) is 4.47. The van der Waals surface area contributed by atoms with Crippen LogP contribution >= 0.6 is 0 Å². The van der Waals surface area contributed by atoms with Crippen LogP contribution in [0.3, 0.4) is 0 Å². The fourth-order valence-electron chi connectivity index (χ4n) is 11.8. The predicted octanol–water partition coefficient (Wildman–Crippen LogP) is 19.5. The molecule has 2 N–H and O–H groups in total. The van der Waals surface area contributed by atoms with Crippen molar-refractivity contribution in [3.05, 3.63) is 235 Å². The van der Waals surface area contributed by atoms with E-state index in [0.29, 0.717) is 39.8 Å². The molecule has 13 aromatic rings. The third kappa shape index (κ3) is 9.89. The van der Waals surface area contributed by atoms with E-state index in [0.717, 1.165) is 118 Å². The van der Waals surface area contributed by atoms with Crippen molar-refractivity contribution in [3.63, 3.8) is 0 Å². The van der Waals surface area contributed by atoms with Gasteiger partial charge < -0.3 is 29.2 Å². The number of hydrogen-bond acceptors (Lipinski definition) is 10. The summed E-state index contributed by atoms with van der Waals surface area (Å²) in [5.74, 6) is 0.687. The lowest BCUT2D eigenvalue weighted by molar-refractivity contribution is 0.0990. The Balaban J connectivity index is 0.845. The molecule has 0 aliphatic heterocycles. The van der Waals surface area contributed by atoms with Crippen LogP contribution in [0.25, 0.3) is 65.2 Å². The van der Waals surface area contributed by atoms with Gasteiger partial charge in [-0.25, -0.2) is 0 Å². The zero-order valence-corrected chi connectivity index (χ0v) is 48.1. The highest BCUT2D eigenvalue weighted by atomic mass is 16.7. The van der Waals surface area contributed by atoms with Gasteiger partial charge in [-0.15, -0.1) is 10.2 Å². The number of aryl methyl sites for hydroxylation is 2. The number of methoxy groups -OCH3 is 2. The van der Waals surface area contributed by atoms with E-state index in [-0.39, 0.29) is 12.5 Å². The maximum absolute atomic E-state index is 14.7. The van der Waals surface area contributed by atoms with E-state index in [9.17, 15) is 4.79 Å². The standard InChI is InChI=1S/C72H61N9O4/c1-7-45-20-12-18-28-62(45)79(3)72(82)59-43-48-31-41-58-56-25-15-17-27-61(56)74-67(58)65(48)69(71(59)84-6)78-76-51-34-38-54(39-35-51)81(52-22-10-9-11-23-52)53-36-32-50(33-37-53)75-77-68-64-47(30-40-57-55-24-14-16-26-60(55)73-66(57)64)42-49(70(68)83-5)44-85-80(4)63-29-19-13-21-46(63)8-2/h9-43,73-74H,7-8,44H2,1-6H3. The van der Waals surface area contributed by atoms with Gasteiger partial charge in [0.1, 0.15) is 18.0 Å². The van der Waals surface area contributed by atoms with Gasteiger partial charge in [0.15, 0.2) is 11.5 Å². The molecule has 13 rings (SSSR count). The number of carbonyl (C=O) groups excluding carboxylic acids is 1. The van der Waals surface area contributed by atoms with Gasteiger partial charge in [0, 0.05) is 85.8 Å². The summed E-state index contributed by atoms with van der Waals surface area (Å²) in [5, 5.41) is 29.5. The number of rotatable bonds is 17. The summed E-state index contributed by atoms with van der Waals surface area (Å²) in [7, 11) is 6.98. The van der Waals surface area contributed by atoms with Gasteiger partial charge in [-0.1, -0.05) is 129 Å². The smallest absolute Gasteiger partial charge is 0.261 e. The average Bonchev–Trinajstić information content (AvgIpc) is 3.32. The Hall–Kier alpha value is -10.6. The summed E-state index contributed by atoms with van der Waals surface area (Å²) in [5.41, 5.74) is 14.2. The normalized spacial score (nSPS) is 11.8. The molecule has 0 atom stereocenters. The SMILES string of the molecule is CCc1ccccc1N(C)OCc1cc2ccc3c4ccccc4[nH]c3c2c(N=Nc2ccc(N(c3ccccc3)c3ccc(N=Nc4c(OC)c(C(=O)N(C)c5ccccc5CC)cc5ccc6c7ccccc7[nH]c6c45)cc3)cc2)c1OC. The van der Waals surface area contributed by atoms with E-state index in [1.165, 1.54) is 5.56 Å². The van der Waals surface area contributed by atoms with E-state index in [4.69, 9.17) is 34.8 Å². The van der Waals surface area contributed by atoms with Crippen molar-refractivity contribution in [1.29, 1.82) is 0 Å². The third-order valence-electron chi connectivity index (χ3n) is 16.1. The van der Waals surface area contributed by atoms with E-state index in [1.807, 2.05) is 146 Å². The lowest BCUT2D eigenvalue weighted by atomic mass is 9.99. The molecular weight excluding hydrogens is 1050 g/mol. The molecule has 0 aliphatic carbocycles. The topological polar surface area (TPSA) is 136 Å². The van der Waals surface area contributed by atoms with Crippen molar-refractivity contribution in [1.82, 2.24) is 9.97 Å². The van der Waals surface area contributed by atoms with Crippen molar-refractivity contribution in [3.8, 4) is 11.5 Å². The van der Waals surface area contributed by atoms with Gasteiger partial charge in [-0.2, -0.15) is 10.2 Å². The maximum Gasteiger partial charge on any atom is 0.261 e. The number of para-hydroxylation sites is 5. The van der Waals surface area contributed by atoms with Crippen molar-refractivity contribution < 1.29 is 19.1 Å². The van der Waals surface area contributed by atoms with Gasteiger partial charge in [-0.05, 0) is 132 Å². The molecule has 1 amide bonds. The summed E-state index contributed by atoms with van der Waals surface area (Å²) in [4.78, 5) is 32.4. The van der Waals surface area contributed by atoms with Crippen LogP contribution in [-0.4, -0.2) is 44.2 Å². The highest BCUT2D eigenvalue weighted by molar-refractivity contribution is 6.23. The zero-order valence-electron chi connectivity index (χ0n) is 48.1. The number of benzene rings is 11. The molecule has 13 nitrogen and oxygen atoms in total. The molecule has 418 valence electrons. The number of azo groups is 2. The quantitative estimate of drug-likeness (QED) is 0.0689. The van der Waals surface area contributed by atoms with Crippen LogP contribution < -0.4 is 24.3 Å². The lowest BCUT2D eigenvalue weighted by Gasteiger charge is -2.25. The number of nitrogens with one attached hydrogen (secondary N) is 2. The first-order valence-electron chi connectivity index (χ1n) is 28.5. The number of amides is 1. The summed E-state index contributed by atoms with van der Waals surface area (Å²) < 4.78 is 12.5. The molecule has 0 bridgehead atoms. The van der Waals surface area contributed by atoms with E-state index < -0.39 is 0 Å². The van der Waals surface area contributed by atoms with Crippen LogP contribution in [0.2, 0.25) is 0 Å². The number of aromatic amines is 2. The number of nitrogens with zero attached hydrogens (tertiary/aromatic N) is 7. The minimum Gasteiger partial charge on any atom is -0.494 e. The predicted molar refractivity (Wildman–Crippen MR) is 347 cm³/mol. The molecule has 2 aromatic heterocycles. The molecule has 0 spiro atoms. The number of anilines is 5. The number of hydroxylamine groups is 1. The minimum absolute atomic E-state index is 0.222. The van der Waals surface area contributed by atoms with Crippen LogP contribution in [0.15, 0.2) is 233 Å². The van der Waals surface area contributed by atoms with Crippen molar-refractivity contribution >= 4 is 122 Å². The summed E-state index contributed by atoms with van der Waals surface area (Å²) >= 11 is 0. The number of aromatic nitrogens is 2. The van der Waals surface area contributed by atoms with Crippen molar-refractivity contribution in [2.75, 3.05) is 43.2 Å². The van der Waals surface area contributed by atoms with Crippen LogP contribution in [0.1, 0.15) is 40.9 Å². The molecular formula is C72H61N9O4. The molecule has 0 saturated heterocycles. The Morgan fingerprint density at radius 3 is 1.48 bits per heavy atom. The summed E-state index contributed by atoms with van der Waals surface area (Å²) in [6.07, 6.45) is 1.65. The molecule has 0 radical (unpaired) electrons. The van der Waals surface area contributed by atoms with E-state index in [1.54, 1.807) is 26.2 Å². The number of carbonyl (C=O) groups is 1. The highest BCUT2D eigenvalue weighted by Crippen LogP contribution is 2.48. The van der Waals surface area contributed by atoms with Gasteiger partial charge in [-0.3, -0.25) is 14.7 Å². The maximum atomic E-state index is 14.7. The number of H-pyrrole nitrogens is 2. The fraction of sp³-hybridized carbons (Fsp3) is 0.125. The molecule has 13 heteroatoms. The molecule has 2 heterocycles. The molecule has 85 heavy (non-hydrogen) atoms. The minimum atomic E-state index is -0.222. The van der Waals surface area contributed by atoms with E-state index in [2.05, 4.69) is 108 Å². The second-order valence-electron chi connectivity index (χ2n) is 20.9. The Kier molecular flexibility index (Phi) is 14.5. The largest absolute Gasteiger partial charge is 0.494 e. The molecule has 0 aliphatic rings. The first-order chi connectivity index (χ1) is 41.7. The van der Waals surface area contributed by atoms with E-state index >= 15 is 0 Å². The third-order valence-corrected chi connectivity index (χ3v) is 16.1. The Bertz CT molecular complexity index is 4720. The van der Waals surface area contributed by atoms with Crippen molar-refractivity contribution in [2.24, 2.45) is 20.5 Å². The van der Waals surface area contributed by atoms with Gasteiger partial charge in [0.05, 0.1) is 47.9 Å². The summed E-state index contributed by atoms with van der Waals surface area (Å²) in [6, 6.07) is 71.4. The van der Waals surface area contributed by atoms with Crippen molar-refractivity contribution in [2.45, 2.75) is 33.3 Å². The zero-order chi connectivity index (χ0) is 58.1. The second kappa shape index (κ2) is 23.0. The van der Waals surface area contributed by atoms with Crippen LogP contribution in [0, 0.1) is 0 Å². The van der Waals surface area contributed by atoms with Crippen LogP contribution in [-0.2, 0) is 24.3 Å². The van der Waals surface area contributed by atoms with Gasteiger partial charge >= 0.3 is 0 Å². The Morgan fingerprint density at radius 1 is 0.459 bits per heavy atom. The molecule has 0 fully saturated rings. The molecule has 0 unspecified atom stereocenters. The Labute approximate surface area is 492 Å². The first kappa shape index (κ1) is 53.7. The second-order valence-corrected chi connectivity index (χ2v) is 20.9. The Morgan fingerprint density at radius 2 is 0.929 bits per heavy atom. The van der Waals surface area contributed by atoms with Crippen LogP contribution in [0.4, 0.5) is 51.2 Å². The number of hydrogen-bond donors (Lipinski definition) is 2. The number of fused-ring (bicyclic) bond motifs is 10.